The van der Waals surface area contributed by atoms with Crippen molar-refractivity contribution in [3.63, 3.8) is 0 Å². The molecule has 0 amide bonds. The molecule has 0 aliphatic heterocycles. The lowest BCUT2D eigenvalue weighted by molar-refractivity contribution is 0.318. The predicted molar refractivity (Wildman–Crippen MR) is 85.4 cm³/mol. The van der Waals surface area contributed by atoms with Crippen LogP contribution in [-0.2, 0) is 6.54 Å². The molecule has 5 heteroatoms. The summed E-state index contributed by atoms with van der Waals surface area (Å²) in [6, 6.07) is 8.44. The molecule has 0 aromatic heterocycles. The summed E-state index contributed by atoms with van der Waals surface area (Å²) in [4.78, 5) is 0. The first-order valence-corrected chi connectivity index (χ1v) is 8.34. The second-order valence-corrected chi connectivity index (χ2v) is 6.41. The van der Waals surface area contributed by atoms with Gasteiger partial charge in [-0.3, -0.25) is 0 Å². The number of nitrogens with two attached hydrogens (primary N) is 1. The van der Waals surface area contributed by atoms with Gasteiger partial charge in [-0.1, -0.05) is 23.4 Å². The SMILES string of the molecule is CSC1CCC(NCc2cccc(/C(N)=N/O)c2)CC1. The maximum atomic E-state index is 8.71. The monoisotopic (exact) mass is 293 g/mol. The van der Waals surface area contributed by atoms with E-state index in [1.807, 2.05) is 30.0 Å². The van der Waals surface area contributed by atoms with Crippen LogP contribution in [0.1, 0.15) is 36.8 Å². The van der Waals surface area contributed by atoms with Crippen LogP contribution in [0.2, 0.25) is 0 Å². The Bertz CT molecular complexity index is 456. The molecule has 4 N–H and O–H groups in total. The summed E-state index contributed by atoms with van der Waals surface area (Å²) < 4.78 is 0. The van der Waals surface area contributed by atoms with Gasteiger partial charge in [0.05, 0.1) is 0 Å². The molecule has 0 radical (unpaired) electrons. The van der Waals surface area contributed by atoms with Gasteiger partial charge in [-0.2, -0.15) is 11.8 Å². The van der Waals surface area contributed by atoms with E-state index in [9.17, 15) is 0 Å². The molecule has 1 aromatic rings. The third-order valence-corrected chi connectivity index (χ3v) is 5.07. The van der Waals surface area contributed by atoms with Gasteiger partial charge in [-0.25, -0.2) is 0 Å². The average Bonchev–Trinajstić information content (AvgIpc) is 2.53. The Balaban J connectivity index is 1.85. The van der Waals surface area contributed by atoms with Crippen molar-refractivity contribution in [2.45, 2.75) is 43.5 Å². The van der Waals surface area contributed by atoms with Crippen LogP contribution in [0.3, 0.4) is 0 Å². The van der Waals surface area contributed by atoms with Crippen molar-refractivity contribution in [1.82, 2.24) is 5.32 Å². The topological polar surface area (TPSA) is 70.6 Å². The molecule has 0 atom stereocenters. The van der Waals surface area contributed by atoms with Crippen molar-refractivity contribution in [1.29, 1.82) is 0 Å². The molecule has 1 aromatic carbocycles. The van der Waals surface area contributed by atoms with Gasteiger partial charge in [-0.05, 0) is 43.6 Å². The number of benzene rings is 1. The summed E-state index contributed by atoms with van der Waals surface area (Å²) in [5.74, 6) is 0.160. The standard InChI is InChI=1S/C15H23N3OS/c1-20-14-7-5-13(6-8-14)17-10-11-3-2-4-12(9-11)15(16)18-19/h2-4,9,13-14,17,19H,5-8,10H2,1H3,(H2,16,18). The van der Waals surface area contributed by atoms with Crippen molar-refractivity contribution in [2.75, 3.05) is 6.26 Å². The highest BCUT2D eigenvalue weighted by Crippen LogP contribution is 2.26. The molecule has 0 spiro atoms. The normalized spacial score (nSPS) is 23.8. The fraction of sp³-hybridized carbons (Fsp3) is 0.533. The highest BCUT2D eigenvalue weighted by Gasteiger charge is 2.19. The highest BCUT2D eigenvalue weighted by molar-refractivity contribution is 7.99. The Hall–Kier alpha value is -1.20. The molecule has 20 heavy (non-hydrogen) atoms. The maximum absolute atomic E-state index is 8.71. The predicted octanol–water partition coefficient (Wildman–Crippen LogP) is 2.54. The van der Waals surface area contributed by atoms with Crippen LogP contribution in [-0.4, -0.2) is 28.6 Å². The maximum Gasteiger partial charge on any atom is 0.170 e. The molecule has 0 saturated heterocycles. The van der Waals surface area contributed by atoms with Gasteiger partial charge in [0, 0.05) is 23.4 Å². The number of nitrogens with zero attached hydrogens (tertiary/aromatic N) is 1. The van der Waals surface area contributed by atoms with Crippen molar-refractivity contribution in [2.24, 2.45) is 10.9 Å². The smallest absolute Gasteiger partial charge is 0.170 e. The van der Waals surface area contributed by atoms with Crippen LogP contribution in [0.4, 0.5) is 0 Å². The quantitative estimate of drug-likeness (QED) is 0.338. The molecular formula is C15H23N3OS. The summed E-state index contributed by atoms with van der Waals surface area (Å²) in [5, 5.41) is 16.2. The third-order valence-electron chi connectivity index (χ3n) is 3.93. The number of hydrogen-bond acceptors (Lipinski definition) is 4. The molecule has 2 rings (SSSR count). The van der Waals surface area contributed by atoms with E-state index in [0.29, 0.717) is 6.04 Å². The van der Waals surface area contributed by atoms with Gasteiger partial charge in [0.15, 0.2) is 5.84 Å². The minimum absolute atomic E-state index is 0.160. The first-order chi connectivity index (χ1) is 9.72. The van der Waals surface area contributed by atoms with E-state index in [4.69, 9.17) is 10.9 Å². The van der Waals surface area contributed by atoms with Crippen molar-refractivity contribution < 1.29 is 5.21 Å². The molecule has 1 fully saturated rings. The van der Waals surface area contributed by atoms with E-state index < -0.39 is 0 Å². The molecular weight excluding hydrogens is 270 g/mol. The molecule has 0 heterocycles. The van der Waals surface area contributed by atoms with Crippen molar-refractivity contribution in [3.8, 4) is 0 Å². The van der Waals surface area contributed by atoms with Gasteiger partial charge >= 0.3 is 0 Å². The minimum Gasteiger partial charge on any atom is -0.409 e. The zero-order valence-corrected chi connectivity index (χ0v) is 12.7. The number of thioether (sulfide) groups is 1. The second-order valence-electron chi connectivity index (χ2n) is 5.28. The Labute approximate surface area is 124 Å². The van der Waals surface area contributed by atoms with Crippen LogP contribution < -0.4 is 11.1 Å². The average molecular weight is 293 g/mol. The van der Waals surface area contributed by atoms with Gasteiger partial charge in [0.25, 0.3) is 0 Å². The lowest BCUT2D eigenvalue weighted by atomic mass is 9.95. The van der Waals surface area contributed by atoms with E-state index in [2.05, 4.69) is 22.8 Å². The molecule has 1 saturated carbocycles. The summed E-state index contributed by atoms with van der Waals surface area (Å²) in [6.07, 6.45) is 7.33. The fourth-order valence-corrected chi connectivity index (χ4v) is 3.41. The van der Waals surface area contributed by atoms with E-state index in [0.717, 1.165) is 17.4 Å². The number of amidine groups is 1. The van der Waals surface area contributed by atoms with Gasteiger partial charge in [0.2, 0.25) is 0 Å². The van der Waals surface area contributed by atoms with E-state index in [-0.39, 0.29) is 5.84 Å². The number of oxime groups is 1. The molecule has 4 nitrogen and oxygen atoms in total. The molecule has 0 unspecified atom stereocenters. The summed E-state index contributed by atoms with van der Waals surface area (Å²) in [6.45, 7) is 0.834. The van der Waals surface area contributed by atoms with E-state index >= 15 is 0 Å². The lowest BCUT2D eigenvalue weighted by Crippen LogP contribution is -2.33. The minimum atomic E-state index is 0.160. The number of nitrogens with one attached hydrogen (secondary N) is 1. The Morgan fingerprint density at radius 1 is 1.40 bits per heavy atom. The Kier molecular flexibility index (Phi) is 5.73. The number of hydrogen-bond donors (Lipinski definition) is 3. The van der Waals surface area contributed by atoms with Crippen LogP contribution in [0.25, 0.3) is 0 Å². The van der Waals surface area contributed by atoms with E-state index in [1.165, 1.54) is 31.2 Å². The van der Waals surface area contributed by atoms with Crippen LogP contribution in [0.15, 0.2) is 29.4 Å². The summed E-state index contributed by atoms with van der Waals surface area (Å²) >= 11 is 1.99. The van der Waals surface area contributed by atoms with Gasteiger partial charge < -0.3 is 16.3 Å². The molecule has 0 bridgehead atoms. The van der Waals surface area contributed by atoms with Crippen molar-refractivity contribution in [3.05, 3.63) is 35.4 Å². The summed E-state index contributed by atoms with van der Waals surface area (Å²) in [5.41, 5.74) is 7.54. The zero-order valence-electron chi connectivity index (χ0n) is 11.9. The zero-order chi connectivity index (χ0) is 14.4. The molecule has 110 valence electrons. The molecule has 1 aliphatic rings. The van der Waals surface area contributed by atoms with Gasteiger partial charge in [0.1, 0.15) is 0 Å². The van der Waals surface area contributed by atoms with Crippen LogP contribution >= 0.6 is 11.8 Å². The Morgan fingerprint density at radius 2 is 2.15 bits per heavy atom. The molecule has 1 aliphatic carbocycles. The van der Waals surface area contributed by atoms with Crippen molar-refractivity contribution >= 4 is 17.6 Å². The first-order valence-electron chi connectivity index (χ1n) is 7.06. The lowest BCUT2D eigenvalue weighted by Gasteiger charge is -2.28. The number of rotatable bonds is 5. The first kappa shape index (κ1) is 15.2. The Morgan fingerprint density at radius 3 is 2.80 bits per heavy atom. The van der Waals surface area contributed by atoms with Gasteiger partial charge in [-0.15, -0.1) is 0 Å². The third kappa shape index (κ3) is 4.15. The summed E-state index contributed by atoms with van der Waals surface area (Å²) in [7, 11) is 0. The van der Waals surface area contributed by atoms with Crippen LogP contribution in [0.5, 0.6) is 0 Å². The second kappa shape index (κ2) is 7.55. The van der Waals surface area contributed by atoms with Crippen LogP contribution in [0, 0.1) is 0 Å². The van der Waals surface area contributed by atoms with E-state index in [1.54, 1.807) is 0 Å². The largest absolute Gasteiger partial charge is 0.409 e. The fourth-order valence-electron chi connectivity index (χ4n) is 2.66. The highest BCUT2D eigenvalue weighted by atomic mass is 32.2.